The molecule has 1 aromatic carbocycles. The summed E-state index contributed by atoms with van der Waals surface area (Å²) in [7, 11) is -3.65. The van der Waals surface area contributed by atoms with Gasteiger partial charge in [0.25, 0.3) is 0 Å². The van der Waals surface area contributed by atoms with Crippen LogP contribution in [0.3, 0.4) is 0 Å². The highest BCUT2D eigenvalue weighted by Gasteiger charge is 2.22. The fourth-order valence-corrected chi connectivity index (χ4v) is 3.96. The number of rotatable bonds is 8. The molecule has 1 aromatic heterocycles. The number of ether oxygens (including phenoxy) is 1. The number of nitrogens with one attached hydrogen (secondary N) is 1. The van der Waals surface area contributed by atoms with Crippen molar-refractivity contribution in [1.29, 1.82) is 0 Å². The first kappa shape index (κ1) is 20.8. The summed E-state index contributed by atoms with van der Waals surface area (Å²) < 4.78 is 30.2. The Kier molecular flexibility index (Phi) is 6.92. The molecule has 0 radical (unpaired) electrons. The zero-order chi connectivity index (χ0) is 20.0. The van der Waals surface area contributed by atoms with Gasteiger partial charge in [-0.1, -0.05) is 18.2 Å². The third kappa shape index (κ3) is 6.04. The molecular formula is C17H21N3O5S2. The third-order valence-corrected chi connectivity index (χ3v) is 5.43. The molecule has 0 aliphatic carbocycles. The second kappa shape index (κ2) is 8.96. The minimum Gasteiger partial charge on any atom is -0.466 e. The van der Waals surface area contributed by atoms with E-state index in [2.05, 4.69) is 10.3 Å². The number of carbonyl (C=O) groups is 2. The molecule has 1 N–H and O–H groups in total. The van der Waals surface area contributed by atoms with Gasteiger partial charge in [-0.25, -0.2) is 13.4 Å². The monoisotopic (exact) mass is 411 g/mol. The lowest BCUT2D eigenvalue weighted by atomic mass is 10.2. The van der Waals surface area contributed by atoms with Gasteiger partial charge in [-0.15, -0.1) is 11.3 Å². The fraction of sp³-hybridized carbons (Fsp3) is 0.353. The van der Waals surface area contributed by atoms with E-state index >= 15 is 0 Å². The van der Waals surface area contributed by atoms with Crippen molar-refractivity contribution in [3.05, 3.63) is 40.9 Å². The van der Waals surface area contributed by atoms with E-state index in [1.807, 2.05) is 0 Å². The number of hydrogen-bond acceptors (Lipinski definition) is 7. The molecule has 2 aromatic rings. The lowest BCUT2D eigenvalue weighted by molar-refractivity contribution is -0.142. The van der Waals surface area contributed by atoms with Crippen LogP contribution in [0.25, 0.3) is 0 Å². The maximum Gasteiger partial charge on any atom is 0.311 e. The molecule has 10 heteroatoms. The predicted molar refractivity (Wildman–Crippen MR) is 104 cm³/mol. The molecule has 0 aliphatic heterocycles. The van der Waals surface area contributed by atoms with Gasteiger partial charge in [-0.2, -0.15) is 0 Å². The fourth-order valence-electron chi connectivity index (χ4n) is 2.32. The molecule has 0 saturated heterocycles. The normalized spacial score (nSPS) is 11.1. The van der Waals surface area contributed by atoms with Crippen LogP contribution >= 0.6 is 11.3 Å². The summed E-state index contributed by atoms with van der Waals surface area (Å²) in [6.07, 6.45) is 1.06. The van der Waals surface area contributed by atoms with Gasteiger partial charge in [0.15, 0.2) is 5.13 Å². The zero-order valence-electron chi connectivity index (χ0n) is 15.3. The van der Waals surface area contributed by atoms with Crippen molar-refractivity contribution in [3.8, 4) is 0 Å². The van der Waals surface area contributed by atoms with Gasteiger partial charge < -0.3 is 10.1 Å². The molecule has 1 heterocycles. The van der Waals surface area contributed by atoms with Crippen LogP contribution in [0.4, 0.5) is 10.8 Å². The molecule has 0 aliphatic rings. The molecule has 0 saturated carbocycles. The van der Waals surface area contributed by atoms with Gasteiger partial charge in [0, 0.05) is 5.38 Å². The molecular weight excluding hydrogens is 390 g/mol. The van der Waals surface area contributed by atoms with Crippen molar-refractivity contribution in [2.75, 3.05) is 29.0 Å². The molecule has 1 amide bonds. The maximum atomic E-state index is 12.3. The second-order valence-corrected chi connectivity index (χ2v) is 8.50. The van der Waals surface area contributed by atoms with Crippen LogP contribution in [0.1, 0.15) is 18.2 Å². The smallest absolute Gasteiger partial charge is 0.311 e. The summed E-state index contributed by atoms with van der Waals surface area (Å²) in [6.45, 7) is 3.39. The average Bonchev–Trinajstić information content (AvgIpc) is 2.99. The number of hydrogen-bond donors (Lipinski definition) is 1. The van der Waals surface area contributed by atoms with E-state index in [9.17, 15) is 18.0 Å². The van der Waals surface area contributed by atoms with Gasteiger partial charge >= 0.3 is 5.97 Å². The lowest BCUT2D eigenvalue weighted by Gasteiger charge is -2.23. The molecule has 0 unspecified atom stereocenters. The predicted octanol–water partition coefficient (Wildman–Crippen LogP) is 1.96. The van der Waals surface area contributed by atoms with E-state index < -0.39 is 21.9 Å². The van der Waals surface area contributed by atoms with E-state index in [1.165, 1.54) is 0 Å². The average molecular weight is 412 g/mol. The van der Waals surface area contributed by atoms with Crippen LogP contribution in [0.2, 0.25) is 0 Å². The largest absolute Gasteiger partial charge is 0.466 e. The second-order valence-electron chi connectivity index (χ2n) is 5.73. The number of carbonyl (C=O) groups excluding carboxylic acids is 2. The van der Waals surface area contributed by atoms with E-state index in [0.29, 0.717) is 11.4 Å². The topological polar surface area (TPSA) is 106 Å². The van der Waals surface area contributed by atoms with Crippen LogP contribution in [-0.4, -0.2) is 44.7 Å². The molecule has 0 bridgehead atoms. The first-order valence-corrected chi connectivity index (χ1v) is 10.9. The van der Waals surface area contributed by atoms with Crippen LogP contribution in [0, 0.1) is 6.92 Å². The summed E-state index contributed by atoms with van der Waals surface area (Å²) in [5, 5.41) is 4.50. The summed E-state index contributed by atoms with van der Waals surface area (Å²) in [5.41, 5.74) is 1.66. The standard InChI is InChI=1S/C17H21N3O5S2/c1-4-25-16(22)9-13-11-26-17(18-13)19-15(21)10-20(27(3,23)24)14-8-6-5-7-12(14)2/h5-8,11H,4,9-10H2,1-3H3,(H,18,19,21). The minimum absolute atomic E-state index is 0.0128. The number of para-hydroxylation sites is 1. The molecule has 0 atom stereocenters. The van der Waals surface area contributed by atoms with Gasteiger partial charge in [0.2, 0.25) is 15.9 Å². The molecule has 27 heavy (non-hydrogen) atoms. The number of sulfonamides is 1. The van der Waals surface area contributed by atoms with Crippen molar-refractivity contribution < 1.29 is 22.7 Å². The minimum atomic E-state index is -3.65. The van der Waals surface area contributed by atoms with E-state index in [-0.39, 0.29) is 24.7 Å². The Morgan fingerprint density at radius 3 is 2.63 bits per heavy atom. The Morgan fingerprint density at radius 1 is 1.30 bits per heavy atom. The summed E-state index contributed by atoms with van der Waals surface area (Å²) in [6, 6.07) is 6.92. The Labute approximate surface area is 162 Å². The van der Waals surface area contributed by atoms with Crippen molar-refractivity contribution >= 4 is 44.1 Å². The zero-order valence-corrected chi connectivity index (χ0v) is 16.9. The number of nitrogens with zero attached hydrogens (tertiary/aromatic N) is 2. The van der Waals surface area contributed by atoms with Crippen LogP contribution in [0.5, 0.6) is 0 Å². The van der Waals surface area contributed by atoms with Crippen molar-refractivity contribution in [2.45, 2.75) is 20.3 Å². The first-order chi connectivity index (χ1) is 12.7. The summed E-state index contributed by atoms with van der Waals surface area (Å²) in [5.74, 6) is -0.927. The summed E-state index contributed by atoms with van der Waals surface area (Å²) >= 11 is 1.15. The molecule has 8 nitrogen and oxygen atoms in total. The Bertz CT molecular complexity index is 924. The van der Waals surface area contributed by atoms with Gasteiger partial charge in [-0.05, 0) is 25.5 Å². The van der Waals surface area contributed by atoms with Crippen LogP contribution < -0.4 is 9.62 Å². The highest BCUT2D eigenvalue weighted by Crippen LogP contribution is 2.22. The molecule has 0 fully saturated rings. The van der Waals surface area contributed by atoms with E-state index in [1.54, 1.807) is 43.5 Å². The van der Waals surface area contributed by atoms with Gasteiger partial charge in [0.05, 0.1) is 30.7 Å². The Balaban J connectivity index is 2.08. The van der Waals surface area contributed by atoms with Gasteiger partial charge in [-0.3, -0.25) is 13.9 Å². The summed E-state index contributed by atoms with van der Waals surface area (Å²) in [4.78, 5) is 28.0. The number of esters is 1. The van der Waals surface area contributed by atoms with E-state index in [4.69, 9.17) is 4.74 Å². The highest BCUT2D eigenvalue weighted by molar-refractivity contribution is 7.92. The molecule has 2 rings (SSSR count). The van der Waals surface area contributed by atoms with Crippen molar-refractivity contribution in [3.63, 3.8) is 0 Å². The van der Waals surface area contributed by atoms with Crippen molar-refractivity contribution in [1.82, 2.24) is 4.98 Å². The Morgan fingerprint density at radius 2 is 2.00 bits per heavy atom. The first-order valence-electron chi connectivity index (χ1n) is 8.14. The number of thiazole rings is 1. The van der Waals surface area contributed by atoms with Gasteiger partial charge in [0.1, 0.15) is 6.54 Å². The molecule has 0 spiro atoms. The number of anilines is 2. The molecule has 146 valence electrons. The third-order valence-electron chi connectivity index (χ3n) is 3.50. The Hall–Kier alpha value is -2.46. The number of amides is 1. The van der Waals surface area contributed by atoms with Crippen LogP contribution in [0.15, 0.2) is 29.6 Å². The van der Waals surface area contributed by atoms with Crippen molar-refractivity contribution in [2.24, 2.45) is 0 Å². The lowest BCUT2D eigenvalue weighted by Crippen LogP contribution is -2.37. The SMILES string of the molecule is CCOC(=O)Cc1csc(NC(=O)CN(c2ccccc2C)S(C)(=O)=O)n1. The number of aryl methyl sites for hydroxylation is 1. The number of aromatic nitrogens is 1. The number of benzene rings is 1. The van der Waals surface area contributed by atoms with E-state index in [0.717, 1.165) is 27.5 Å². The highest BCUT2D eigenvalue weighted by atomic mass is 32.2. The van der Waals surface area contributed by atoms with Crippen LogP contribution in [-0.2, 0) is 30.8 Å². The maximum absolute atomic E-state index is 12.3. The quantitative estimate of drug-likeness (QED) is 0.666.